The molecule has 0 radical (unpaired) electrons. The van der Waals surface area contributed by atoms with E-state index in [1.165, 1.54) is 0 Å². The zero-order valence-corrected chi connectivity index (χ0v) is 8.44. The second-order valence-electron chi connectivity index (χ2n) is 3.63. The summed E-state index contributed by atoms with van der Waals surface area (Å²) in [6, 6.07) is 0.427. The molecule has 3 unspecified atom stereocenters. The minimum Gasteiger partial charge on any atom is -0.395 e. The highest BCUT2D eigenvalue weighted by molar-refractivity contribution is 4.83. The Bertz CT molecular complexity index is 149. The molecule has 1 fully saturated rings. The van der Waals surface area contributed by atoms with Gasteiger partial charge in [0, 0.05) is 25.2 Å². The molecule has 0 saturated carbocycles. The Morgan fingerprint density at radius 2 is 2.31 bits per heavy atom. The summed E-state index contributed by atoms with van der Waals surface area (Å²) in [6.07, 6.45) is 0.231. The van der Waals surface area contributed by atoms with Crippen molar-refractivity contribution in [3.8, 4) is 0 Å². The molecule has 4 nitrogen and oxygen atoms in total. The van der Waals surface area contributed by atoms with Gasteiger partial charge < -0.3 is 15.6 Å². The van der Waals surface area contributed by atoms with Crippen LogP contribution in [0.2, 0.25) is 0 Å². The summed E-state index contributed by atoms with van der Waals surface area (Å²) >= 11 is 0. The van der Waals surface area contributed by atoms with Crippen molar-refractivity contribution in [1.82, 2.24) is 4.90 Å². The Kier molecular flexibility index (Phi) is 4.12. The van der Waals surface area contributed by atoms with Gasteiger partial charge in [-0.2, -0.15) is 0 Å². The van der Waals surface area contributed by atoms with E-state index in [-0.39, 0.29) is 18.8 Å². The van der Waals surface area contributed by atoms with Crippen molar-refractivity contribution in [2.24, 2.45) is 5.73 Å². The number of hydrogen-bond donors (Lipinski definition) is 2. The van der Waals surface area contributed by atoms with Crippen LogP contribution in [0.25, 0.3) is 0 Å². The normalized spacial score (nSPS) is 33.2. The maximum Gasteiger partial charge on any atom is 0.0700 e. The molecular weight excluding hydrogens is 168 g/mol. The summed E-state index contributed by atoms with van der Waals surface area (Å²) in [5.74, 6) is 0. The fourth-order valence-corrected chi connectivity index (χ4v) is 1.79. The van der Waals surface area contributed by atoms with Gasteiger partial charge in [0.25, 0.3) is 0 Å². The van der Waals surface area contributed by atoms with E-state index in [2.05, 4.69) is 18.7 Å². The topological polar surface area (TPSA) is 58.7 Å². The van der Waals surface area contributed by atoms with Crippen molar-refractivity contribution in [3.05, 3.63) is 0 Å². The van der Waals surface area contributed by atoms with Gasteiger partial charge in [0.2, 0.25) is 0 Å². The minimum atomic E-state index is 0.0846. The maximum atomic E-state index is 9.12. The molecule has 1 heterocycles. The first-order chi connectivity index (χ1) is 6.20. The van der Waals surface area contributed by atoms with Crippen LogP contribution in [0.3, 0.4) is 0 Å². The van der Waals surface area contributed by atoms with E-state index in [4.69, 9.17) is 15.6 Å². The zero-order chi connectivity index (χ0) is 9.84. The summed E-state index contributed by atoms with van der Waals surface area (Å²) in [5.41, 5.74) is 5.58. The van der Waals surface area contributed by atoms with Crippen molar-refractivity contribution in [3.63, 3.8) is 0 Å². The molecule has 1 rings (SSSR count). The Balaban J connectivity index is 2.55. The van der Waals surface area contributed by atoms with Gasteiger partial charge in [-0.3, -0.25) is 4.90 Å². The Morgan fingerprint density at radius 1 is 1.62 bits per heavy atom. The van der Waals surface area contributed by atoms with Gasteiger partial charge in [-0.15, -0.1) is 0 Å². The van der Waals surface area contributed by atoms with Crippen molar-refractivity contribution in [1.29, 1.82) is 0 Å². The van der Waals surface area contributed by atoms with Crippen LogP contribution in [0.5, 0.6) is 0 Å². The van der Waals surface area contributed by atoms with E-state index in [9.17, 15) is 0 Å². The van der Waals surface area contributed by atoms with Crippen molar-refractivity contribution in [2.75, 3.05) is 26.3 Å². The van der Waals surface area contributed by atoms with Crippen LogP contribution in [-0.4, -0.2) is 54.5 Å². The Morgan fingerprint density at radius 3 is 2.85 bits per heavy atom. The molecule has 0 aromatic rings. The standard InChI is InChI=1S/C9H20N2O2/c1-7-8(2)13-4-3-11(7)9(5-10)6-12/h7-9,12H,3-6,10H2,1-2H3. The largest absolute Gasteiger partial charge is 0.395 e. The lowest BCUT2D eigenvalue weighted by Crippen LogP contribution is -2.56. The van der Waals surface area contributed by atoms with Crippen LogP contribution in [0.4, 0.5) is 0 Å². The fraction of sp³-hybridized carbons (Fsp3) is 1.00. The third kappa shape index (κ3) is 2.40. The smallest absolute Gasteiger partial charge is 0.0700 e. The van der Waals surface area contributed by atoms with E-state index in [1.807, 2.05) is 0 Å². The number of ether oxygens (including phenoxy) is 1. The molecular formula is C9H20N2O2. The van der Waals surface area contributed by atoms with Gasteiger partial charge in [0.15, 0.2) is 0 Å². The first-order valence-corrected chi connectivity index (χ1v) is 4.89. The maximum absolute atomic E-state index is 9.12. The molecule has 1 saturated heterocycles. The summed E-state index contributed by atoms with van der Waals surface area (Å²) in [6.45, 7) is 6.42. The second-order valence-corrected chi connectivity index (χ2v) is 3.63. The molecule has 1 aliphatic heterocycles. The molecule has 13 heavy (non-hydrogen) atoms. The first kappa shape index (κ1) is 10.9. The van der Waals surface area contributed by atoms with E-state index in [0.717, 1.165) is 13.2 Å². The van der Waals surface area contributed by atoms with Gasteiger partial charge in [-0.1, -0.05) is 0 Å². The Hall–Kier alpha value is -0.160. The lowest BCUT2D eigenvalue weighted by Gasteiger charge is -2.41. The van der Waals surface area contributed by atoms with Crippen LogP contribution in [-0.2, 0) is 4.74 Å². The van der Waals surface area contributed by atoms with Crippen LogP contribution in [0.15, 0.2) is 0 Å². The fourth-order valence-electron chi connectivity index (χ4n) is 1.79. The molecule has 4 heteroatoms. The number of rotatable bonds is 3. The molecule has 3 atom stereocenters. The molecule has 1 aliphatic rings. The van der Waals surface area contributed by atoms with E-state index in [1.54, 1.807) is 0 Å². The molecule has 0 spiro atoms. The van der Waals surface area contributed by atoms with Crippen molar-refractivity contribution < 1.29 is 9.84 Å². The van der Waals surface area contributed by atoms with Gasteiger partial charge in [-0.05, 0) is 13.8 Å². The number of morpholine rings is 1. The zero-order valence-electron chi connectivity index (χ0n) is 8.44. The quantitative estimate of drug-likeness (QED) is 0.622. The molecule has 0 aromatic heterocycles. The first-order valence-electron chi connectivity index (χ1n) is 4.89. The lowest BCUT2D eigenvalue weighted by atomic mass is 10.1. The third-order valence-electron chi connectivity index (χ3n) is 2.88. The average molecular weight is 188 g/mol. The molecule has 0 amide bonds. The molecule has 3 N–H and O–H groups in total. The summed E-state index contributed by atoms with van der Waals surface area (Å²) < 4.78 is 5.50. The summed E-state index contributed by atoms with van der Waals surface area (Å²) in [5, 5.41) is 9.12. The average Bonchev–Trinajstić information content (AvgIpc) is 2.14. The Labute approximate surface area is 79.7 Å². The number of aliphatic hydroxyl groups excluding tert-OH is 1. The highest BCUT2D eigenvalue weighted by Gasteiger charge is 2.29. The van der Waals surface area contributed by atoms with Crippen molar-refractivity contribution in [2.45, 2.75) is 32.0 Å². The van der Waals surface area contributed by atoms with E-state index in [0.29, 0.717) is 12.6 Å². The third-order valence-corrected chi connectivity index (χ3v) is 2.88. The molecule has 0 aliphatic carbocycles. The van der Waals surface area contributed by atoms with Crippen molar-refractivity contribution >= 4 is 0 Å². The predicted octanol–water partition coefficient (Wildman–Crippen LogP) is -0.585. The highest BCUT2D eigenvalue weighted by atomic mass is 16.5. The van der Waals surface area contributed by atoms with Gasteiger partial charge in [-0.25, -0.2) is 0 Å². The monoisotopic (exact) mass is 188 g/mol. The number of hydrogen-bond acceptors (Lipinski definition) is 4. The van der Waals surface area contributed by atoms with Gasteiger partial charge >= 0.3 is 0 Å². The van der Waals surface area contributed by atoms with Crippen LogP contribution >= 0.6 is 0 Å². The van der Waals surface area contributed by atoms with Crippen LogP contribution in [0.1, 0.15) is 13.8 Å². The number of nitrogens with two attached hydrogens (primary N) is 1. The molecule has 0 aromatic carbocycles. The number of nitrogens with zero attached hydrogens (tertiary/aromatic N) is 1. The number of aliphatic hydroxyl groups is 1. The highest BCUT2D eigenvalue weighted by Crippen LogP contribution is 2.15. The summed E-state index contributed by atoms with van der Waals surface area (Å²) in [4.78, 5) is 2.23. The van der Waals surface area contributed by atoms with Crippen LogP contribution in [0, 0.1) is 0 Å². The predicted molar refractivity (Wildman–Crippen MR) is 51.5 cm³/mol. The van der Waals surface area contributed by atoms with Gasteiger partial charge in [0.1, 0.15) is 0 Å². The summed E-state index contributed by atoms with van der Waals surface area (Å²) in [7, 11) is 0. The van der Waals surface area contributed by atoms with E-state index >= 15 is 0 Å². The minimum absolute atomic E-state index is 0.0846. The lowest BCUT2D eigenvalue weighted by molar-refractivity contribution is -0.0768. The second kappa shape index (κ2) is 4.91. The molecule has 78 valence electrons. The van der Waals surface area contributed by atoms with Crippen LogP contribution < -0.4 is 5.73 Å². The SMILES string of the molecule is CC1OCCN(C(CN)CO)C1C. The van der Waals surface area contributed by atoms with E-state index < -0.39 is 0 Å². The van der Waals surface area contributed by atoms with Gasteiger partial charge in [0.05, 0.1) is 19.3 Å². The molecule has 0 bridgehead atoms.